The zero-order valence-corrected chi connectivity index (χ0v) is 11.4. The van der Waals surface area contributed by atoms with E-state index in [0.29, 0.717) is 17.1 Å². The molecule has 2 aromatic rings. The minimum absolute atomic E-state index is 0.279. The van der Waals surface area contributed by atoms with Gasteiger partial charge in [-0.2, -0.15) is 0 Å². The average molecular weight is 279 g/mol. The van der Waals surface area contributed by atoms with Crippen LogP contribution in [-0.4, -0.2) is 6.54 Å². The molecule has 100 valence electrons. The van der Waals surface area contributed by atoms with Gasteiger partial charge < -0.3 is 11.1 Å². The first kappa shape index (κ1) is 13.8. The smallest absolute Gasteiger partial charge is 0.130 e. The lowest BCUT2D eigenvalue weighted by atomic mass is 10.1. The number of anilines is 1. The molecule has 0 amide bonds. The molecule has 1 atom stereocenters. The van der Waals surface area contributed by atoms with E-state index in [4.69, 9.17) is 17.3 Å². The fraction of sp³-hybridized carbons (Fsp3) is 0.200. The first-order valence-electron chi connectivity index (χ1n) is 6.09. The summed E-state index contributed by atoms with van der Waals surface area (Å²) in [5, 5.41) is 3.65. The van der Waals surface area contributed by atoms with Crippen molar-refractivity contribution in [3.8, 4) is 0 Å². The van der Waals surface area contributed by atoms with Gasteiger partial charge in [0.25, 0.3) is 0 Å². The molecule has 0 aromatic heterocycles. The predicted molar refractivity (Wildman–Crippen MR) is 78.0 cm³/mol. The van der Waals surface area contributed by atoms with E-state index >= 15 is 0 Å². The van der Waals surface area contributed by atoms with E-state index in [1.54, 1.807) is 12.1 Å². The van der Waals surface area contributed by atoms with Gasteiger partial charge in [0.1, 0.15) is 5.82 Å². The molecule has 2 aromatic carbocycles. The molecule has 0 aliphatic carbocycles. The van der Waals surface area contributed by atoms with E-state index in [9.17, 15) is 4.39 Å². The Morgan fingerprint density at radius 2 is 2.00 bits per heavy atom. The Kier molecular flexibility index (Phi) is 4.40. The molecule has 0 saturated heterocycles. The van der Waals surface area contributed by atoms with Crippen molar-refractivity contribution in [1.82, 2.24) is 0 Å². The minimum atomic E-state index is -0.343. The maximum atomic E-state index is 13.9. The van der Waals surface area contributed by atoms with Crippen molar-refractivity contribution in [3.63, 3.8) is 0 Å². The Morgan fingerprint density at radius 3 is 2.63 bits per heavy atom. The molecule has 3 N–H and O–H groups in total. The Labute approximate surface area is 117 Å². The molecule has 4 heteroatoms. The number of halogens is 2. The third kappa shape index (κ3) is 3.25. The summed E-state index contributed by atoms with van der Waals surface area (Å²) >= 11 is 5.76. The topological polar surface area (TPSA) is 38.0 Å². The van der Waals surface area contributed by atoms with Gasteiger partial charge in [-0.15, -0.1) is 0 Å². The molecule has 2 nitrogen and oxygen atoms in total. The summed E-state index contributed by atoms with van der Waals surface area (Å²) < 4.78 is 13.9. The zero-order valence-electron chi connectivity index (χ0n) is 10.7. The van der Waals surface area contributed by atoms with Crippen LogP contribution in [0.15, 0.2) is 42.5 Å². The maximum Gasteiger partial charge on any atom is 0.130 e. The number of rotatable bonds is 4. The van der Waals surface area contributed by atoms with Gasteiger partial charge in [0, 0.05) is 22.8 Å². The second kappa shape index (κ2) is 6.04. The normalized spacial score (nSPS) is 12.2. The molecular weight excluding hydrogens is 263 g/mol. The van der Waals surface area contributed by atoms with Gasteiger partial charge in [0.05, 0.1) is 6.04 Å². The van der Waals surface area contributed by atoms with Crippen molar-refractivity contribution in [2.75, 3.05) is 11.9 Å². The fourth-order valence-electron chi connectivity index (χ4n) is 1.97. The van der Waals surface area contributed by atoms with Gasteiger partial charge in [-0.25, -0.2) is 4.39 Å². The molecule has 2 rings (SSSR count). The van der Waals surface area contributed by atoms with E-state index in [1.165, 1.54) is 6.07 Å². The van der Waals surface area contributed by atoms with Gasteiger partial charge in [-0.1, -0.05) is 35.9 Å². The number of nitrogens with one attached hydrogen (secondary N) is 1. The van der Waals surface area contributed by atoms with Crippen molar-refractivity contribution in [2.24, 2.45) is 5.73 Å². The van der Waals surface area contributed by atoms with Crippen LogP contribution in [0.1, 0.15) is 17.2 Å². The SMILES string of the molecule is Cc1ccccc1NC(CN)c1ccc(Cl)cc1F. The molecule has 0 spiro atoms. The monoisotopic (exact) mass is 278 g/mol. The van der Waals surface area contributed by atoms with Gasteiger partial charge in [0.2, 0.25) is 0 Å². The highest BCUT2D eigenvalue weighted by Crippen LogP contribution is 2.25. The molecule has 0 bridgehead atoms. The molecule has 0 aliphatic rings. The summed E-state index contributed by atoms with van der Waals surface area (Å²) in [4.78, 5) is 0. The van der Waals surface area contributed by atoms with Crippen LogP contribution in [0.3, 0.4) is 0 Å². The molecule has 0 heterocycles. The Bertz CT molecular complexity index is 572. The Morgan fingerprint density at radius 1 is 1.26 bits per heavy atom. The second-order valence-corrected chi connectivity index (χ2v) is 4.85. The van der Waals surface area contributed by atoms with Gasteiger partial charge in [0.15, 0.2) is 0 Å². The highest BCUT2D eigenvalue weighted by molar-refractivity contribution is 6.30. The van der Waals surface area contributed by atoms with E-state index < -0.39 is 0 Å². The van der Waals surface area contributed by atoms with E-state index in [1.807, 2.05) is 31.2 Å². The van der Waals surface area contributed by atoms with Crippen LogP contribution in [0.4, 0.5) is 10.1 Å². The summed E-state index contributed by atoms with van der Waals surface area (Å²) in [6.45, 7) is 2.29. The molecule has 0 saturated carbocycles. The molecule has 0 radical (unpaired) electrons. The van der Waals surface area contributed by atoms with Crippen molar-refractivity contribution in [2.45, 2.75) is 13.0 Å². The largest absolute Gasteiger partial charge is 0.377 e. The van der Waals surface area contributed by atoms with Crippen molar-refractivity contribution in [3.05, 3.63) is 64.4 Å². The summed E-state index contributed by atoms with van der Waals surface area (Å²) in [5.41, 5.74) is 8.31. The third-order valence-corrected chi connectivity index (χ3v) is 3.28. The lowest BCUT2D eigenvalue weighted by Gasteiger charge is -2.20. The number of hydrogen-bond acceptors (Lipinski definition) is 2. The zero-order chi connectivity index (χ0) is 13.8. The number of para-hydroxylation sites is 1. The van der Waals surface area contributed by atoms with E-state index in [0.717, 1.165) is 11.3 Å². The van der Waals surface area contributed by atoms with E-state index in [-0.39, 0.29) is 11.9 Å². The predicted octanol–water partition coefficient (Wildman–Crippen LogP) is 3.90. The highest BCUT2D eigenvalue weighted by Gasteiger charge is 2.15. The van der Waals surface area contributed by atoms with Crippen LogP contribution in [0.25, 0.3) is 0 Å². The van der Waals surface area contributed by atoms with Gasteiger partial charge >= 0.3 is 0 Å². The lowest BCUT2D eigenvalue weighted by molar-refractivity contribution is 0.593. The molecule has 0 aliphatic heterocycles. The molecule has 0 fully saturated rings. The average Bonchev–Trinajstić information content (AvgIpc) is 2.39. The Hall–Kier alpha value is -1.58. The maximum absolute atomic E-state index is 13.9. The number of hydrogen-bond donors (Lipinski definition) is 2. The van der Waals surface area contributed by atoms with Crippen LogP contribution in [0.5, 0.6) is 0 Å². The van der Waals surface area contributed by atoms with Crippen LogP contribution in [0, 0.1) is 12.7 Å². The van der Waals surface area contributed by atoms with Crippen LogP contribution >= 0.6 is 11.6 Å². The molecule has 19 heavy (non-hydrogen) atoms. The fourth-order valence-corrected chi connectivity index (χ4v) is 2.13. The van der Waals surface area contributed by atoms with Gasteiger partial charge in [-0.05, 0) is 30.7 Å². The van der Waals surface area contributed by atoms with E-state index in [2.05, 4.69) is 5.32 Å². The minimum Gasteiger partial charge on any atom is -0.377 e. The van der Waals surface area contributed by atoms with Gasteiger partial charge in [-0.3, -0.25) is 0 Å². The van der Waals surface area contributed by atoms with Crippen molar-refractivity contribution < 1.29 is 4.39 Å². The quantitative estimate of drug-likeness (QED) is 0.890. The standard InChI is InChI=1S/C15H16ClFN2/c1-10-4-2-3-5-14(10)19-15(9-18)12-7-6-11(16)8-13(12)17/h2-8,15,19H,9,18H2,1H3. The highest BCUT2D eigenvalue weighted by atomic mass is 35.5. The van der Waals surface area contributed by atoms with Crippen molar-refractivity contribution in [1.29, 1.82) is 0 Å². The van der Waals surface area contributed by atoms with Crippen LogP contribution < -0.4 is 11.1 Å². The second-order valence-electron chi connectivity index (χ2n) is 4.41. The van der Waals surface area contributed by atoms with Crippen LogP contribution in [0.2, 0.25) is 5.02 Å². The number of nitrogens with two attached hydrogens (primary N) is 1. The number of aryl methyl sites for hydroxylation is 1. The third-order valence-electron chi connectivity index (χ3n) is 3.05. The summed E-state index contributed by atoms with van der Waals surface area (Å²) in [6.07, 6.45) is 0. The van der Waals surface area contributed by atoms with Crippen molar-refractivity contribution >= 4 is 17.3 Å². The summed E-state index contributed by atoms with van der Waals surface area (Å²) in [6, 6.07) is 12.2. The molecule has 1 unspecified atom stereocenters. The lowest BCUT2D eigenvalue weighted by Crippen LogP contribution is -2.22. The first-order valence-corrected chi connectivity index (χ1v) is 6.47. The Balaban J connectivity index is 2.28. The summed E-state index contributed by atoms with van der Waals surface area (Å²) in [7, 11) is 0. The van der Waals surface area contributed by atoms with Crippen LogP contribution in [-0.2, 0) is 0 Å². The molecular formula is C15H16ClFN2. The first-order chi connectivity index (χ1) is 9.11. The number of benzene rings is 2. The summed E-state index contributed by atoms with van der Waals surface area (Å²) in [5.74, 6) is -0.343.